The lowest BCUT2D eigenvalue weighted by molar-refractivity contribution is -0.159. The minimum absolute atomic E-state index is 0.0214. The fraction of sp³-hybridized carbons (Fsp3) is 0.482. The number of unbranched alkanes of at least 4 members (excludes halogenated alkanes) is 2. The fourth-order valence-corrected chi connectivity index (χ4v) is 17.5. The number of hydrogen-bond donors (Lipinski definition) is 7. The number of pyridine rings is 1. The first-order valence-corrected chi connectivity index (χ1v) is 40.9. The summed E-state index contributed by atoms with van der Waals surface area (Å²) < 4.78 is 39.9. The number of anilines is 4. The molecule has 33 heteroatoms. The van der Waals surface area contributed by atoms with Crippen molar-refractivity contribution in [3.8, 4) is 39.2 Å². The molecule has 9 heterocycles. The molecular formula is C83H103FN18O13S. The summed E-state index contributed by atoms with van der Waals surface area (Å²) in [6.07, 6.45) is 8.07. The van der Waals surface area contributed by atoms with Crippen molar-refractivity contribution in [3.05, 3.63) is 143 Å². The van der Waals surface area contributed by atoms with E-state index in [2.05, 4.69) is 67.8 Å². The van der Waals surface area contributed by atoms with Gasteiger partial charge in [-0.2, -0.15) is 0 Å². The maximum absolute atomic E-state index is 15.3. The number of primary amides is 2. The van der Waals surface area contributed by atoms with Gasteiger partial charge in [0.1, 0.15) is 54.8 Å². The van der Waals surface area contributed by atoms with Gasteiger partial charge in [-0.1, -0.05) is 56.7 Å². The highest BCUT2D eigenvalue weighted by atomic mass is 32.1. The van der Waals surface area contributed by atoms with E-state index < -0.39 is 70.9 Å². The number of urea groups is 1. The van der Waals surface area contributed by atoms with Crippen molar-refractivity contribution in [2.24, 2.45) is 22.8 Å². The molecule has 5 aliphatic heterocycles. The number of likely N-dealkylation sites (tertiary alicyclic amines) is 1. The standard InChI is InChI=1S/C83H103FN18O13S/c1-50(2)74(79(108)101-47-62(103)41-67(101)78(107)91-52(4)55-14-16-56(17-15-55)75-53(5)90-49-116-75)69-43-71(95-115-69)113-37-35-96-33-34-97(51(3)44-96)36-38-112-70-40-59(26-30-88-70)102-60-21-22-61(102)46-98(45-60)66-42-64(93-94-76(66)85)63-39-57(84)18-23-68(63)114-48-54-12-19-58(20-13-54)92-77(106)65(11-9-29-89-82(87)111)99(81(110)83(80(86)109)27-10-28-83)31-7-6-8-32-100-72(104)24-25-73(100)105/h12-20,23-26,30,39-40,42-43,49-52,60-62,65,67,74,103H,6-11,21-22,27-29,31-38,41,44-48H2,1-5H3,(H2,85,94)(H2,86,109)(H,91,107)(H,92,106)(H3,87,89,111)/t51-,52+,60?,61?,62-,65+,67+,74-/m1/s1. The number of nitrogens with one attached hydrogen (secondary N) is 3. The van der Waals surface area contributed by atoms with Crippen molar-refractivity contribution in [2.75, 3.05) is 106 Å². The van der Waals surface area contributed by atoms with Crippen LogP contribution in [-0.4, -0.2) is 224 Å². The van der Waals surface area contributed by atoms with Gasteiger partial charge in [0.2, 0.25) is 35.4 Å². The molecule has 616 valence electrons. The molecular weight excluding hydrogens is 1510 g/mol. The highest BCUT2D eigenvalue weighted by molar-refractivity contribution is 7.13. The van der Waals surface area contributed by atoms with E-state index >= 15 is 4.39 Å². The maximum atomic E-state index is 15.3. The number of halogens is 1. The Morgan fingerprint density at radius 1 is 0.810 bits per heavy atom. The van der Waals surface area contributed by atoms with Crippen LogP contribution in [0.15, 0.2) is 119 Å². The van der Waals surface area contributed by atoms with Crippen molar-refractivity contribution >= 4 is 81.6 Å². The number of carbonyl (C=O) groups excluding carboxylic acids is 8. The molecule has 7 aromatic rings. The molecule has 8 atom stereocenters. The number of nitrogen functional groups attached to an aromatic ring is 1. The zero-order valence-corrected chi connectivity index (χ0v) is 66.9. The van der Waals surface area contributed by atoms with Gasteiger partial charge in [-0.05, 0) is 149 Å². The molecule has 9 amide bonds. The van der Waals surface area contributed by atoms with E-state index in [1.807, 2.05) is 75.7 Å². The van der Waals surface area contributed by atoms with Crippen LogP contribution in [0.5, 0.6) is 17.5 Å². The molecule has 3 aromatic carbocycles. The third-order valence-corrected chi connectivity index (χ3v) is 24.1. The predicted octanol–water partition coefficient (Wildman–Crippen LogP) is 7.49. The number of benzene rings is 3. The number of hydrogen-bond acceptors (Lipinski definition) is 24. The maximum Gasteiger partial charge on any atom is 0.312 e. The number of imide groups is 1. The van der Waals surface area contributed by atoms with Crippen molar-refractivity contribution in [1.82, 2.24) is 60.5 Å². The summed E-state index contributed by atoms with van der Waals surface area (Å²) in [6.45, 7) is 16.2. The lowest BCUT2D eigenvalue weighted by Gasteiger charge is -2.43. The van der Waals surface area contributed by atoms with Crippen LogP contribution in [0, 0.1) is 24.1 Å². The molecule has 31 nitrogen and oxygen atoms in total. The normalized spacial score (nSPS) is 20.0. The number of nitrogens with zero attached hydrogens (tertiary/aromatic N) is 12. The number of aromatic nitrogens is 5. The van der Waals surface area contributed by atoms with Crippen LogP contribution < -0.4 is 57.2 Å². The lowest BCUT2D eigenvalue weighted by Crippen LogP contribution is -2.59. The number of fused-ring (bicyclic) bond motifs is 2. The van der Waals surface area contributed by atoms with E-state index in [0.29, 0.717) is 111 Å². The molecule has 2 unspecified atom stereocenters. The minimum Gasteiger partial charge on any atom is -0.488 e. The summed E-state index contributed by atoms with van der Waals surface area (Å²) in [5.41, 5.74) is 24.6. The largest absolute Gasteiger partial charge is 0.488 e. The molecule has 13 rings (SSSR count). The van der Waals surface area contributed by atoms with E-state index in [9.17, 15) is 43.5 Å². The number of aliphatic hydroxyl groups excluding tert-OH is 1. The summed E-state index contributed by atoms with van der Waals surface area (Å²) in [7, 11) is 0. The number of piperazine rings is 2. The van der Waals surface area contributed by atoms with Gasteiger partial charge in [0.15, 0.2) is 11.6 Å². The average Bonchev–Trinajstić information content (AvgIpc) is 1.47. The van der Waals surface area contributed by atoms with Gasteiger partial charge in [-0.25, -0.2) is 19.2 Å². The number of aryl methyl sites for hydroxylation is 1. The van der Waals surface area contributed by atoms with Gasteiger partial charge in [-0.3, -0.25) is 48.3 Å². The number of nitrogens with two attached hydrogens (primary N) is 3. The number of β-amino-alcohol motifs (C(OH)–C–C–N with tert-alkyl or cyclic N) is 1. The Balaban J connectivity index is 0.564. The number of ether oxygens (including phenoxy) is 3. The van der Waals surface area contributed by atoms with Crippen LogP contribution in [-0.2, 0) is 40.2 Å². The predicted molar refractivity (Wildman–Crippen MR) is 432 cm³/mol. The van der Waals surface area contributed by atoms with Crippen molar-refractivity contribution in [3.63, 3.8) is 0 Å². The highest BCUT2D eigenvalue weighted by Crippen LogP contribution is 2.45. The summed E-state index contributed by atoms with van der Waals surface area (Å²) in [6, 6.07) is 23.9. The topological polar surface area (TPSA) is 399 Å². The van der Waals surface area contributed by atoms with Gasteiger partial charge in [0.25, 0.3) is 17.7 Å². The molecule has 0 radical (unpaired) electrons. The van der Waals surface area contributed by atoms with Gasteiger partial charge in [0, 0.05) is 144 Å². The van der Waals surface area contributed by atoms with Crippen molar-refractivity contribution in [2.45, 2.75) is 160 Å². The second-order valence-electron chi connectivity index (χ2n) is 31.3. The summed E-state index contributed by atoms with van der Waals surface area (Å²) in [5.74, 6) is -3.13. The number of aliphatic hydroxyl groups is 1. The summed E-state index contributed by atoms with van der Waals surface area (Å²) in [5, 5.41) is 32.4. The smallest absolute Gasteiger partial charge is 0.312 e. The van der Waals surface area contributed by atoms with Gasteiger partial charge < -0.3 is 76.6 Å². The van der Waals surface area contributed by atoms with Crippen LogP contribution in [0.1, 0.15) is 133 Å². The van der Waals surface area contributed by atoms with E-state index in [1.165, 1.54) is 40.2 Å². The van der Waals surface area contributed by atoms with E-state index in [0.717, 1.165) is 64.8 Å². The second kappa shape index (κ2) is 37.2. The summed E-state index contributed by atoms with van der Waals surface area (Å²) >= 11 is 1.58. The Bertz CT molecular complexity index is 4680. The Kier molecular flexibility index (Phi) is 26.5. The molecule has 0 spiro atoms. The summed E-state index contributed by atoms with van der Waals surface area (Å²) in [4.78, 5) is 130. The monoisotopic (exact) mass is 1610 g/mol. The van der Waals surface area contributed by atoms with Crippen molar-refractivity contribution < 1.29 is 66.6 Å². The molecule has 4 aromatic heterocycles. The Labute approximate surface area is 676 Å². The third kappa shape index (κ3) is 19.3. The van der Waals surface area contributed by atoms with Crippen LogP contribution in [0.2, 0.25) is 0 Å². The first kappa shape index (κ1) is 82.8. The molecule has 10 N–H and O–H groups in total. The Morgan fingerprint density at radius 3 is 2.24 bits per heavy atom. The lowest BCUT2D eigenvalue weighted by atomic mass is 9.67. The second-order valence-corrected chi connectivity index (χ2v) is 32.2. The Hall–Kier alpha value is -11.2. The van der Waals surface area contributed by atoms with Crippen LogP contribution in [0.3, 0.4) is 0 Å². The zero-order chi connectivity index (χ0) is 81.9. The van der Waals surface area contributed by atoms with Crippen LogP contribution in [0.25, 0.3) is 21.7 Å². The molecule has 1 aliphatic carbocycles. The highest BCUT2D eigenvalue weighted by Gasteiger charge is 2.53. The first-order valence-electron chi connectivity index (χ1n) is 40.0. The number of rotatable bonds is 36. The Morgan fingerprint density at radius 2 is 1.55 bits per heavy atom. The van der Waals surface area contributed by atoms with E-state index in [1.54, 1.807) is 47.9 Å². The van der Waals surface area contributed by atoms with Gasteiger partial charge >= 0.3 is 6.03 Å². The SMILES string of the molecule is Cc1ncsc1-c1ccc([C@H](C)NC(=O)[C@@H]2C[C@@H](O)CN2C(=O)[C@@H](c2cc(OCCN3CCN(CCOc4cc(N5C6CCC5CN(c5cc(-c7cc(F)ccc7OCc7ccc(NC(=O)[C@H](CCCNC(N)=O)N(CCCCCN8C(=O)C=CC8=O)C(=O)C8(C(N)=O)CCC8)cc7)nnc5N)C6)ccn4)[C@H](C)C3)no2)C(C)C)cc1. The zero-order valence-electron chi connectivity index (χ0n) is 66.1. The van der Waals surface area contributed by atoms with E-state index in [4.69, 9.17) is 35.9 Å². The third-order valence-electron chi connectivity index (χ3n) is 23.2. The van der Waals surface area contributed by atoms with E-state index in [-0.39, 0.29) is 118 Å². The molecule has 5 fully saturated rings. The first-order chi connectivity index (χ1) is 55.9. The fourth-order valence-electron chi connectivity index (χ4n) is 16.7. The minimum atomic E-state index is -1.48. The molecule has 4 saturated heterocycles. The number of amides is 9. The molecule has 116 heavy (non-hydrogen) atoms. The van der Waals surface area contributed by atoms with Gasteiger partial charge in [-0.15, -0.1) is 21.5 Å². The molecule has 2 bridgehead atoms. The molecule has 6 aliphatic rings. The number of thiazole rings is 1. The average molecular weight is 1610 g/mol. The van der Waals surface area contributed by atoms with Crippen LogP contribution >= 0.6 is 11.3 Å². The quantitative estimate of drug-likeness (QED) is 0.0113. The van der Waals surface area contributed by atoms with Crippen LogP contribution in [0.4, 0.5) is 32.1 Å². The van der Waals surface area contributed by atoms with Gasteiger partial charge in [0.05, 0.1) is 39.6 Å². The van der Waals surface area contributed by atoms with Crippen molar-refractivity contribution in [1.29, 1.82) is 0 Å². The number of carbonyl (C=O) groups is 8. The molecule has 1 saturated carbocycles.